The first-order valence-electron chi connectivity index (χ1n) is 7.56. The molecule has 0 radical (unpaired) electrons. The molecule has 4 heteroatoms. The van der Waals surface area contributed by atoms with Crippen molar-refractivity contribution < 1.29 is 9.53 Å². The van der Waals surface area contributed by atoms with Crippen molar-refractivity contribution in [2.75, 3.05) is 13.2 Å². The van der Waals surface area contributed by atoms with Gasteiger partial charge in [-0.05, 0) is 46.2 Å². The predicted molar refractivity (Wildman–Crippen MR) is 88.8 cm³/mol. The minimum atomic E-state index is 0. The number of benzene rings is 1. The molecule has 0 N–H and O–H groups in total. The fourth-order valence-corrected chi connectivity index (χ4v) is 3.06. The Morgan fingerprint density at radius 1 is 1.43 bits per heavy atom. The van der Waals surface area contributed by atoms with Crippen LogP contribution in [-0.4, -0.2) is 35.9 Å². The van der Waals surface area contributed by atoms with E-state index in [4.69, 9.17) is 4.74 Å². The van der Waals surface area contributed by atoms with Crippen molar-refractivity contribution in [1.82, 2.24) is 4.90 Å². The zero-order valence-corrected chi connectivity index (χ0v) is 14.2. The molecule has 1 aliphatic rings. The summed E-state index contributed by atoms with van der Waals surface area (Å²) in [4.78, 5) is 14.3. The molecule has 118 valence electrons. The van der Waals surface area contributed by atoms with Crippen LogP contribution in [0.2, 0.25) is 0 Å². The van der Waals surface area contributed by atoms with E-state index in [-0.39, 0.29) is 18.2 Å². The number of carbonyl (C=O) groups excluding carboxylic acids is 1. The molecular weight excluding hydrogens is 286 g/mol. The van der Waals surface area contributed by atoms with Crippen LogP contribution >= 0.6 is 12.4 Å². The third kappa shape index (κ3) is 3.98. The zero-order valence-electron chi connectivity index (χ0n) is 13.4. The Morgan fingerprint density at radius 2 is 2.14 bits per heavy atom. The smallest absolute Gasteiger partial charge is 0.160 e. The van der Waals surface area contributed by atoms with Crippen molar-refractivity contribution in [1.29, 1.82) is 0 Å². The summed E-state index contributed by atoms with van der Waals surface area (Å²) in [5, 5.41) is 0. The number of carbonyl (C=O) groups is 1. The Morgan fingerprint density at radius 3 is 2.71 bits per heavy atom. The number of halogens is 1. The van der Waals surface area contributed by atoms with Gasteiger partial charge in [0.2, 0.25) is 0 Å². The monoisotopic (exact) mass is 311 g/mol. The van der Waals surface area contributed by atoms with Crippen LogP contribution in [0.15, 0.2) is 18.2 Å². The van der Waals surface area contributed by atoms with Crippen LogP contribution in [0, 0.1) is 0 Å². The average Bonchev–Trinajstić information content (AvgIpc) is 2.43. The molecule has 0 aliphatic carbocycles. The first kappa shape index (κ1) is 18.0. The van der Waals surface area contributed by atoms with Crippen molar-refractivity contribution in [2.24, 2.45) is 0 Å². The number of hydrogen-bond donors (Lipinski definition) is 0. The van der Waals surface area contributed by atoms with E-state index in [1.54, 1.807) is 6.92 Å². The average molecular weight is 312 g/mol. The molecule has 1 heterocycles. The zero-order chi connectivity index (χ0) is 14.7. The fraction of sp³-hybridized carbons (Fsp3) is 0.588. The topological polar surface area (TPSA) is 29.5 Å². The van der Waals surface area contributed by atoms with Gasteiger partial charge in [-0.15, -0.1) is 12.4 Å². The van der Waals surface area contributed by atoms with Crippen molar-refractivity contribution in [3.8, 4) is 5.75 Å². The Balaban J connectivity index is 0.00000220. The second kappa shape index (κ2) is 7.81. The summed E-state index contributed by atoms with van der Waals surface area (Å²) in [5.41, 5.74) is 1.89. The van der Waals surface area contributed by atoms with Gasteiger partial charge in [0, 0.05) is 23.2 Å². The van der Waals surface area contributed by atoms with Gasteiger partial charge in [-0.2, -0.15) is 0 Å². The number of ketones is 1. The van der Waals surface area contributed by atoms with Gasteiger partial charge in [-0.25, -0.2) is 0 Å². The van der Waals surface area contributed by atoms with E-state index in [1.807, 2.05) is 18.2 Å². The number of rotatable bonds is 5. The third-order valence-electron chi connectivity index (χ3n) is 4.00. The van der Waals surface area contributed by atoms with Gasteiger partial charge in [-0.1, -0.05) is 19.1 Å². The van der Waals surface area contributed by atoms with Crippen LogP contribution in [0.1, 0.15) is 50.0 Å². The van der Waals surface area contributed by atoms with Crippen LogP contribution in [0.5, 0.6) is 5.75 Å². The van der Waals surface area contributed by atoms with Crippen molar-refractivity contribution in [2.45, 2.75) is 52.6 Å². The molecule has 0 spiro atoms. The molecule has 1 aliphatic heterocycles. The summed E-state index contributed by atoms with van der Waals surface area (Å²) in [5.74, 6) is 1.01. The van der Waals surface area contributed by atoms with Crippen LogP contribution < -0.4 is 4.74 Å². The second-order valence-corrected chi connectivity index (χ2v) is 5.84. The Bertz CT molecular complexity index is 488. The quantitative estimate of drug-likeness (QED) is 0.776. The second-order valence-electron chi connectivity index (χ2n) is 5.84. The van der Waals surface area contributed by atoms with Gasteiger partial charge < -0.3 is 4.74 Å². The number of fused-ring (bicyclic) bond motifs is 1. The number of ether oxygens (including phenoxy) is 1. The van der Waals surface area contributed by atoms with E-state index in [0.29, 0.717) is 18.7 Å². The van der Waals surface area contributed by atoms with Crippen LogP contribution in [0.25, 0.3) is 0 Å². The maximum absolute atomic E-state index is 11.8. The summed E-state index contributed by atoms with van der Waals surface area (Å²) in [6.45, 7) is 10.1. The lowest BCUT2D eigenvalue weighted by Crippen LogP contribution is -2.47. The maximum atomic E-state index is 11.8. The Kier molecular flexibility index (Phi) is 6.69. The standard InChI is InChI=1S/C17H25NO2.ClH/c1-5-9-18(12(2)3)14-10-16-15(13(4)19)7-6-8-17(16)20-11-14;/h6-8,12,14H,5,9-11H2,1-4H3;1H. The summed E-state index contributed by atoms with van der Waals surface area (Å²) in [6.07, 6.45) is 2.04. The minimum absolute atomic E-state index is 0. The molecule has 1 unspecified atom stereocenters. The largest absolute Gasteiger partial charge is 0.492 e. The van der Waals surface area contributed by atoms with Gasteiger partial charge in [0.15, 0.2) is 5.78 Å². The Labute approximate surface area is 134 Å². The van der Waals surface area contributed by atoms with Gasteiger partial charge in [0.25, 0.3) is 0 Å². The van der Waals surface area contributed by atoms with Crippen molar-refractivity contribution >= 4 is 18.2 Å². The third-order valence-corrected chi connectivity index (χ3v) is 4.00. The lowest BCUT2D eigenvalue weighted by atomic mass is 9.94. The molecule has 1 atom stereocenters. The molecule has 1 aromatic rings. The summed E-state index contributed by atoms with van der Waals surface area (Å²) < 4.78 is 5.91. The highest BCUT2D eigenvalue weighted by molar-refractivity contribution is 5.96. The highest BCUT2D eigenvalue weighted by Gasteiger charge is 2.28. The Hall–Kier alpha value is -1.06. The first-order chi connectivity index (χ1) is 9.54. The molecule has 0 bridgehead atoms. The molecule has 3 nitrogen and oxygen atoms in total. The fourth-order valence-electron chi connectivity index (χ4n) is 3.06. The molecule has 0 amide bonds. The highest BCUT2D eigenvalue weighted by atomic mass is 35.5. The molecule has 2 rings (SSSR count). The minimum Gasteiger partial charge on any atom is -0.492 e. The summed E-state index contributed by atoms with van der Waals surface area (Å²) >= 11 is 0. The number of nitrogens with zero attached hydrogens (tertiary/aromatic N) is 1. The van der Waals surface area contributed by atoms with Crippen LogP contribution in [0.4, 0.5) is 0 Å². The summed E-state index contributed by atoms with van der Waals surface area (Å²) in [6, 6.07) is 6.64. The van der Waals surface area contributed by atoms with E-state index in [1.165, 1.54) is 0 Å². The maximum Gasteiger partial charge on any atom is 0.160 e. The lowest BCUT2D eigenvalue weighted by molar-refractivity contribution is 0.0907. The van der Waals surface area contributed by atoms with E-state index >= 15 is 0 Å². The van der Waals surface area contributed by atoms with Gasteiger partial charge >= 0.3 is 0 Å². The molecule has 0 saturated carbocycles. The molecular formula is C17H26ClNO2. The van der Waals surface area contributed by atoms with E-state index in [0.717, 1.165) is 36.3 Å². The van der Waals surface area contributed by atoms with Gasteiger partial charge in [0.1, 0.15) is 12.4 Å². The van der Waals surface area contributed by atoms with Crippen molar-refractivity contribution in [3.05, 3.63) is 29.3 Å². The highest BCUT2D eigenvalue weighted by Crippen LogP contribution is 2.30. The van der Waals surface area contributed by atoms with E-state index < -0.39 is 0 Å². The van der Waals surface area contributed by atoms with Gasteiger partial charge in [0.05, 0.1) is 0 Å². The van der Waals surface area contributed by atoms with Crippen LogP contribution in [-0.2, 0) is 6.42 Å². The molecule has 1 aromatic carbocycles. The first-order valence-corrected chi connectivity index (χ1v) is 7.56. The molecule has 21 heavy (non-hydrogen) atoms. The SMILES string of the molecule is CCCN(C(C)C)C1COc2cccc(C(C)=O)c2C1.Cl. The molecule has 0 fully saturated rings. The predicted octanol–water partition coefficient (Wildman–Crippen LogP) is 3.73. The molecule has 0 saturated heterocycles. The van der Waals surface area contributed by atoms with Crippen LogP contribution in [0.3, 0.4) is 0 Å². The van der Waals surface area contributed by atoms with Gasteiger partial charge in [-0.3, -0.25) is 9.69 Å². The van der Waals surface area contributed by atoms with Crippen molar-refractivity contribution in [3.63, 3.8) is 0 Å². The normalized spacial score (nSPS) is 17.1. The summed E-state index contributed by atoms with van der Waals surface area (Å²) in [7, 11) is 0. The van der Waals surface area contributed by atoms with E-state index in [9.17, 15) is 4.79 Å². The van der Waals surface area contributed by atoms with E-state index in [2.05, 4.69) is 25.7 Å². The number of hydrogen-bond acceptors (Lipinski definition) is 3. The number of Topliss-reactive ketones (excluding diaryl/α,β-unsaturated/α-hetero) is 1. The molecule has 0 aromatic heterocycles. The lowest BCUT2D eigenvalue weighted by Gasteiger charge is -2.38.